The lowest BCUT2D eigenvalue weighted by molar-refractivity contribution is -0.115. The van der Waals surface area contributed by atoms with Crippen LogP contribution in [0.15, 0.2) is 23.1 Å². The molecule has 0 bridgehead atoms. The summed E-state index contributed by atoms with van der Waals surface area (Å²) in [5.41, 5.74) is 0.642. The molecule has 98 valence electrons. The number of benzene rings is 1. The molecular formula is C12H9NO4S2. The van der Waals surface area contributed by atoms with Gasteiger partial charge >= 0.3 is 5.97 Å². The molecule has 0 radical (unpaired) electrons. The minimum Gasteiger partial charge on any atom is -0.496 e. The van der Waals surface area contributed by atoms with E-state index < -0.39 is 5.97 Å². The van der Waals surface area contributed by atoms with Crippen molar-refractivity contribution in [2.45, 2.75) is 0 Å². The highest BCUT2D eigenvalue weighted by molar-refractivity contribution is 8.26. The molecule has 0 aromatic heterocycles. The van der Waals surface area contributed by atoms with Crippen LogP contribution >= 0.6 is 24.0 Å². The van der Waals surface area contributed by atoms with Crippen molar-refractivity contribution >= 4 is 46.3 Å². The van der Waals surface area contributed by atoms with Gasteiger partial charge in [-0.05, 0) is 23.8 Å². The van der Waals surface area contributed by atoms with E-state index in [1.807, 2.05) is 0 Å². The molecule has 1 fully saturated rings. The van der Waals surface area contributed by atoms with Gasteiger partial charge in [0, 0.05) is 0 Å². The monoisotopic (exact) mass is 295 g/mol. The smallest absolute Gasteiger partial charge is 0.339 e. The molecule has 0 atom stereocenters. The Hall–Kier alpha value is -1.86. The van der Waals surface area contributed by atoms with Crippen LogP contribution in [0.3, 0.4) is 0 Å². The van der Waals surface area contributed by atoms with Gasteiger partial charge < -0.3 is 15.2 Å². The van der Waals surface area contributed by atoms with Crippen molar-refractivity contribution in [1.29, 1.82) is 0 Å². The summed E-state index contributed by atoms with van der Waals surface area (Å²) in [4.78, 5) is 23.0. The number of thioether (sulfide) groups is 1. The molecule has 19 heavy (non-hydrogen) atoms. The topological polar surface area (TPSA) is 75.6 Å². The van der Waals surface area contributed by atoms with Crippen molar-refractivity contribution in [3.05, 3.63) is 34.2 Å². The second-order valence-corrected chi connectivity index (χ2v) is 5.34. The summed E-state index contributed by atoms with van der Waals surface area (Å²) >= 11 is 6.02. The Balaban J connectivity index is 2.39. The normalized spacial score (nSPS) is 16.6. The average molecular weight is 295 g/mol. The lowest BCUT2D eigenvalue weighted by Gasteiger charge is -2.05. The molecule has 1 saturated heterocycles. The number of carbonyl (C=O) groups excluding carboxylic acids is 1. The molecule has 1 aliphatic heterocycles. The van der Waals surface area contributed by atoms with Crippen molar-refractivity contribution in [2.24, 2.45) is 0 Å². The highest BCUT2D eigenvalue weighted by atomic mass is 32.2. The Bertz CT molecular complexity index is 610. The van der Waals surface area contributed by atoms with Gasteiger partial charge in [-0.3, -0.25) is 4.79 Å². The maximum atomic E-state index is 11.5. The Kier molecular flexibility index (Phi) is 3.87. The van der Waals surface area contributed by atoms with Crippen molar-refractivity contribution in [2.75, 3.05) is 7.11 Å². The lowest BCUT2D eigenvalue weighted by atomic mass is 10.1. The maximum Gasteiger partial charge on any atom is 0.339 e. The fourth-order valence-corrected chi connectivity index (χ4v) is 2.60. The van der Waals surface area contributed by atoms with Crippen LogP contribution in [0.5, 0.6) is 5.75 Å². The van der Waals surface area contributed by atoms with Crippen molar-refractivity contribution < 1.29 is 19.4 Å². The standard InChI is InChI=1S/C12H9NO4S2/c1-17-8-3-2-6(4-7(8)11(15)16)5-9-10(14)13-12(18)19-9/h2-5H,1H3,(H,15,16)(H,13,14,18). The first kappa shape index (κ1) is 13.6. The van der Waals surface area contributed by atoms with Gasteiger partial charge in [0.25, 0.3) is 5.91 Å². The summed E-state index contributed by atoms with van der Waals surface area (Å²) in [5.74, 6) is -1.09. The number of nitrogens with one attached hydrogen (secondary N) is 1. The van der Waals surface area contributed by atoms with Crippen LogP contribution in [0, 0.1) is 0 Å². The molecule has 2 N–H and O–H groups in total. The van der Waals surface area contributed by atoms with Crippen molar-refractivity contribution in [3.63, 3.8) is 0 Å². The second kappa shape index (κ2) is 5.41. The first-order valence-electron chi connectivity index (χ1n) is 5.17. The molecule has 0 aliphatic carbocycles. The predicted molar refractivity (Wildman–Crippen MR) is 76.3 cm³/mol. The quantitative estimate of drug-likeness (QED) is 0.655. The zero-order valence-electron chi connectivity index (χ0n) is 9.80. The average Bonchev–Trinajstić information content (AvgIpc) is 2.67. The van der Waals surface area contributed by atoms with Gasteiger partial charge in [-0.25, -0.2) is 4.79 Å². The van der Waals surface area contributed by atoms with Gasteiger partial charge in [0.15, 0.2) is 0 Å². The molecule has 1 aromatic carbocycles. The molecule has 1 aromatic rings. The molecule has 0 spiro atoms. The summed E-state index contributed by atoms with van der Waals surface area (Å²) in [6.45, 7) is 0. The highest BCUT2D eigenvalue weighted by Crippen LogP contribution is 2.27. The molecule has 1 amide bonds. The number of carbonyl (C=O) groups is 2. The SMILES string of the molecule is COc1ccc(C=C2SC(=S)NC2=O)cc1C(=O)O. The van der Waals surface area contributed by atoms with Crippen LogP contribution in [0.2, 0.25) is 0 Å². The molecule has 0 saturated carbocycles. The highest BCUT2D eigenvalue weighted by Gasteiger charge is 2.22. The van der Waals surface area contributed by atoms with E-state index in [1.54, 1.807) is 18.2 Å². The third-order valence-corrected chi connectivity index (χ3v) is 3.56. The number of aromatic carboxylic acids is 1. The largest absolute Gasteiger partial charge is 0.496 e. The Morgan fingerprint density at radius 1 is 1.53 bits per heavy atom. The number of hydrogen-bond acceptors (Lipinski definition) is 5. The van der Waals surface area contributed by atoms with Gasteiger partial charge in [-0.15, -0.1) is 0 Å². The minimum atomic E-state index is -1.09. The number of ether oxygens (including phenoxy) is 1. The third-order valence-electron chi connectivity index (χ3n) is 2.39. The zero-order chi connectivity index (χ0) is 14.0. The lowest BCUT2D eigenvalue weighted by Crippen LogP contribution is -2.17. The summed E-state index contributed by atoms with van der Waals surface area (Å²) in [5, 5.41) is 11.6. The van der Waals surface area contributed by atoms with Crippen LogP contribution in [-0.2, 0) is 4.79 Å². The number of hydrogen-bond donors (Lipinski definition) is 2. The molecule has 2 rings (SSSR count). The van der Waals surface area contributed by atoms with Crippen LogP contribution in [0.1, 0.15) is 15.9 Å². The van der Waals surface area contributed by atoms with E-state index in [0.717, 1.165) is 11.8 Å². The number of thiocarbonyl (C=S) groups is 1. The number of amides is 1. The second-order valence-electron chi connectivity index (χ2n) is 3.62. The number of methoxy groups -OCH3 is 1. The van der Waals surface area contributed by atoms with E-state index in [9.17, 15) is 9.59 Å². The zero-order valence-corrected chi connectivity index (χ0v) is 11.4. The van der Waals surface area contributed by atoms with Crippen LogP contribution in [0.4, 0.5) is 0 Å². The summed E-state index contributed by atoms with van der Waals surface area (Å²) < 4.78 is 5.35. The molecule has 7 heteroatoms. The fraction of sp³-hybridized carbons (Fsp3) is 0.0833. The summed E-state index contributed by atoms with van der Waals surface area (Å²) in [6.07, 6.45) is 1.59. The Morgan fingerprint density at radius 2 is 2.26 bits per heavy atom. The van der Waals surface area contributed by atoms with Gasteiger partial charge in [0.2, 0.25) is 0 Å². The minimum absolute atomic E-state index is 0.0443. The van der Waals surface area contributed by atoms with Crippen LogP contribution < -0.4 is 10.1 Å². The Labute approximate surface area is 118 Å². The van der Waals surface area contributed by atoms with Gasteiger partial charge in [-0.1, -0.05) is 30.0 Å². The predicted octanol–water partition coefficient (Wildman–Crippen LogP) is 1.88. The van der Waals surface area contributed by atoms with E-state index in [0.29, 0.717) is 14.8 Å². The van der Waals surface area contributed by atoms with Crippen molar-refractivity contribution in [1.82, 2.24) is 5.32 Å². The number of rotatable bonds is 3. The first-order chi connectivity index (χ1) is 9.01. The fourth-order valence-electron chi connectivity index (χ4n) is 1.55. The Morgan fingerprint density at radius 3 is 2.79 bits per heavy atom. The van der Waals surface area contributed by atoms with Crippen molar-refractivity contribution in [3.8, 4) is 5.75 Å². The molecule has 0 unspecified atom stereocenters. The molecule has 5 nitrogen and oxygen atoms in total. The number of carboxylic acids is 1. The molecule has 1 aliphatic rings. The third kappa shape index (κ3) is 2.94. The first-order valence-corrected chi connectivity index (χ1v) is 6.40. The van der Waals surface area contributed by atoms with Gasteiger partial charge in [0.05, 0.1) is 12.0 Å². The van der Waals surface area contributed by atoms with Gasteiger partial charge in [0.1, 0.15) is 15.6 Å². The van der Waals surface area contributed by atoms with E-state index in [1.165, 1.54) is 13.2 Å². The number of carboxylic acid groups (broad SMARTS) is 1. The van der Waals surface area contributed by atoms with Crippen LogP contribution in [-0.4, -0.2) is 28.4 Å². The van der Waals surface area contributed by atoms with E-state index in [4.69, 9.17) is 22.1 Å². The molecular weight excluding hydrogens is 286 g/mol. The summed E-state index contributed by atoms with van der Waals surface area (Å²) in [7, 11) is 1.40. The van der Waals surface area contributed by atoms with Gasteiger partial charge in [-0.2, -0.15) is 0 Å². The summed E-state index contributed by atoms with van der Waals surface area (Å²) in [6, 6.07) is 4.67. The van der Waals surface area contributed by atoms with E-state index in [2.05, 4.69) is 5.32 Å². The van der Waals surface area contributed by atoms with E-state index in [-0.39, 0.29) is 17.2 Å². The van der Waals surface area contributed by atoms with Crippen LogP contribution in [0.25, 0.3) is 6.08 Å². The van der Waals surface area contributed by atoms with E-state index >= 15 is 0 Å². The molecule has 1 heterocycles. The maximum absolute atomic E-state index is 11.5.